The third kappa shape index (κ3) is 3.39. The van der Waals surface area contributed by atoms with Gasteiger partial charge in [0.1, 0.15) is 11.0 Å². The molecule has 0 aliphatic carbocycles. The first-order valence-electron chi connectivity index (χ1n) is 4.72. The Labute approximate surface area is 102 Å². The maximum atomic E-state index is 13.4. The first-order valence-corrected chi connectivity index (χ1v) is 6.21. The Morgan fingerprint density at radius 3 is 2.62 bits per heavy atom. The van der Waals surface area contributed by atoms with Crippen LogP contribution in [0.2, 0.25) is 5.02 Å². The van der Waals surface area contributed by atoms with Crippen molar-refractivity contribution in [1.29, 1.82) is 0 Å². The van der Waals surface area contributed by atoms with Gasteiger partial charge in [0.05, 0.1) is 9.77 Å². The number of nitrogens with zero attached hydrogens (tertiary/aromatic N) is 1. The van der Waals surface area contributed by atoms with E-state index in [-0.39, 0.29) is 10.6 Å². The van der Waals surface area contributed by atoms with Crippen molar-refractivity contribution < 1.29 is 8.60 Å². The molecule has 0 bridgehead atoms. The highest BCUT2D eigenvalue weighted by Gasteiger charge is 2.18. The fourth-order valence-electron chi connectivity index (χ4n) is 0.883. The summed E-state index contributed by atoms with van der Waals surface area (Å²) in [6.45, 7) is 5.40. The van der Waals surface area contributed by atoms with Crippen LogP contribution in [0.4, 0.5) is 4.39 Å². The summed E-state index contributed by atoms with van der Waals surface area (Å²) >= 11 is 5.61. The second-order valence-electron chi connectivity index (χ2n) is 4.24. The number of hydrogen-bond donors (Lipinski definition) is 0. The lowest BCUT2D eigenvalue weighted by Gasteiger charge is -2.12. The molecule has 0 fully saturated rings. The average molecular weight is 262 g/mol. The lowest BCUT2D eigenvalue weighted by atomic mass is 10.2. The molecule has 0 aliphatic heterocycles. The van der Waals surface area contributed by atoms with Crippen LogP contribution >= 0.6 is 11.6 Å². The molecular formula is C11H13ClFNOS. The van der Waals surface area contributed by atoms with Crippen molar-refractivity contribution in [1.82, 2.24) is 0 Å². The van der Waals surface area contributed by atoms with Crippen LogP contribution in [0.15, 0.2) is 22.6 Å². The van der Waals surface area contributed by atoms with E-state index < -0.39 is 21.5 Å². The van der Waals surface area contributed by atoms with E-state index in [1.807, 2.05) is 0 Å². The van der Waals surface area contributed by atoms with Gasteiger partial charge in [0.15, 0.2) is 5.82 Å². The zero-order valence-corrected chi connectivity index (χ0v) is 10.9. The van der Waals surface area contributed by atoms with Gasteiger partial charge < -0.3 is 0 Å². The van der Waals surface area contributed by atoms with Gasteiger partial charge in [-0.2, -0.15) is 4.40 Å². The third-order valence-electron chi connectivity index (χ3n) is 1.79. The molecule has 1 aromatic carbocycles. The van der Waals surface area contributed by atoms with Gasteiger partial charge in [0.25, 0.3) is 0 Å². The van der Waals surface area contributed by atoms with Gasteiger partial charge in [0, 0.05) is 11.8 Å². The molecule has 16 heavy (non-hydrogen) atoms. The highest BCUT2D eigenvalue weighted by molar-refractivity contribution is 7.85. The Bertz CT molecular complexity index is 440. The van der Waals surface area contributed by atoms with E-state index in [0.29, 0.717) is 0 Å². The summed E-state index contributed by atoms with van der Waals surface area (Å²) < 4.78 is 28.4. The van der Waals surface area contributed by atoms with Gasteiger partial charge in [-0.15, -0.1) is 0 Å². The summed E-state index contributed by atoms with van der Waals surface area (Å²) in [4.78, 5) is 0. The van der Waals surface area contributed by atoms with Gasteiger partial charge in [-0.1, -0.05) is 23.7 Å². The minimum Gasteiger partial charge on any atom is -0.234 e. The topological polar surface area (TPSA) is 29.4 Å². The fraction of sp³-hybridized carbons (Fsp3) is 0.364. The molecule has 88 valence electrons. The highest BCUT2D eigenvalue weighted by Crippen LogP contribution is 2.17. The summed E-state index contributed by atoms with van der Waals surface area (Å²) in [5.41, 5.74) is 0.241. The van der Waals surface area contributed by atoms with Crippen LogP contribution in [0.5, 0.6) is 0 Å². The van der Waals surface area contributed by atoms with Crippen molar-refractivity contribution in [2.24, 2.45) is 4.40 Å². The van der Waals surface area contributed by atoms with Gasteiger partial charge in [-0.25, -0.2) is 8.60 Å². The lowest BCUT2D eigenvalue weighted by Crippen LogP contribution is -2.19. The highest BCUT2D eigenvalue weighted by atomic mass is 35.5. The molecule has 1 unspecified atom stereocenters. The standard InChI is InChI=1S/C11H13ClFNOS/c1-11(2,3)16(15)14-7-8-5-4-6-9(12)10(8)13/h4-7H,1-3H3. The summed E-state index contributed by atoms with van der Waals surface area (Å²) in [5.74, 6) is -0.543. The average Bonchev–Trinajstić information content (AvgIpc) is 2.18. The van der Waals surface area contributed by atoms with Crippen LogP contribution in [-0.4, -0.2) is 15.2 Å². The monoisotopic (exact) mass is 261 g/mol. The van der Waals surface area contributed by atoms with E-state index >= 15 is 0 Å². The maximum Gasteiger partial charge on any atom is 0.150 e. The van der Waals surface area contributed by atoms with E-state index in [9.17, 15) is 8.60 Å². The Hall–Kier alpha value is -0.740. The van der Waals surface area contributed by atoms with E-state index in [1.165, 1.54) is 18.3 Å². The molecule has 1 atom stereocenters. The number of rotatable bonds is 2. The van der Waals surface area contributed by atoms with Crippen LogP contribution in [0.25, 0.3) is 0 Å². The van der Waals surface area contributed by atoms with Crippen LogP contribution in [-0.2, 0) is 11.0 Å². The van der Waals surface area contributed by atoms with Crippen molar-refractivity contribution in [3.63, 3.8) is 0 Å². The second-order valence-corrected chi connectivity index (χ2v) is 6.58. The van der Waals surface area contributed by atoms with Gasteiger partial charge >= 0.3 is 0 Å². The minimum absolute atomic E-state index is 0.0329. The molecule has 1 rings (SSSR count). The van der Waals surface area contributed by atoms with E-state index in [0.717, 1.165) is 0 Å². The van der Waals surface area contributed by atoms with Crippen LogP contribution in [0.1, 0.15) is 26.3 Å². The van der Waals surface area contributed by atoms with Crippen LogP contribution < -0.4 is 0 Å². The number of benzene rings is 1. The number of hydrogen-bond acceptors (Lipinski definition) is 1. The Morgan fingerprint density at radius 1 is 1.44 bits per heavy atom. The summed E-state index contributed by atoms with van der Waals surface area (Å²) in [5, 5.41) is 0.0329. The molecule has 0 aliphatic rings. The van der Waals surface area contributed by atoms with Crippen molar-refractivity contribution in [2.75, 3.05) is 0 Å². The van der Waals surface area contributed by atoms with E-state index in [1.54, 1.807) is 26.8 Å². The quantitative estimate of drug-likeness (QED) is 0.751. The van der Waals surface area contributed by atoms with Crippen LogP contribution in [0.3, 0.4) is 0 Å². The molecule has 0 radical (unpaired) electrons. The zero-order chi connectivity index (χ0) is 12.3. The van der Waals surface area contributed by atoms with Crippen molar-refractivity contribution >= 4 is 28.8 Å². The van der Waals surface area contributed by atoms with Crippen molar-refractivity contribution in [2.45, 2.75) is 25.5 Å². The molecular weight excluding hydrogens is 249 g/mol. The molecule has 0 amide bonds. The Balaban J connectivity index is 2.94. The van der Waals surface area contributed by atoms with E-state index in [4.69, 9.17) is 11.6 Å². The molecule has 0 aromatic heterocycles. The van der Waals surface area contributed by atoms with Gasteiger partial charge in [-0.05, 0) is 26.8 Å². The predicted octanol–water partition coefficient (Wildman–Crippen LogP) is 3.36. The number of halogens is 2. The largest absolute Gasteiger partial charge is 0.234 e. The SMILES string of the molecule is CC(C)(C)S(=O)N=Cc1cccc(Cl)c1F. The summed E-state index contributed by atoms with van der Waals surface area (Å²) in [6.07, 6.45) is 1.25. The Kier molecular flexibility index (Phi) is 4.21. The Morgan fingerprint density at radius 2 is 2.06 bits per heavy atom. The maximum absolute atomic E-state index is 13.4. The molecule has 0 spiro atoms. The predicted molar refractivity (Wildman–Crippen MR) is 66.9 cm³/mol. The lowest BCUT2D eigenvalue weighted by molar-refractivity contribution is 0.626. The van der Waals surface area contributed by atoms with Crippen molar-refractivity contribution in [3.8, 4) is 0 Å². The molecule has 2 nitrogen and oxygen atoms in total. The zero-order valence-electron chi connectivity index (χ0n) is 9.33. The summed E-state index contributed by atoms with van der Waals surface area (Å²) in [6, 6.07) is 4.60. The molecule has 1 aromatic rings. The molecule has 5 heteroatoms. The van der Waals surface area contributed by atoms with Crippen molar-refractivity contribution in [3.05, 3.63) is 34.6 Å². The van der Waals surface area contributed by atoms with Gasteiger partial charge in [0.2, 0.25) is 0 Å². The van der Waals surface area contributed by atoms with Gasteiger partial charge in [-0.3, -0.25) is 0 Å². The van der Waals surface area contributed by atoms with E-state index in [2.05, 4.69) is 4.40 Å². The molecule has 0 N–H and O–H groups in total. The molecule has 0 heterocycles. The normalized spacial score (nSPS) is 14.3. The minimum atomic E-state index is -1.39. The molecule has 0 saturated heterocycles. The second kappa shape index (κ2) is 5.06. The smallest absolute Gasteiger partial charge is 0.150 e. The first-order chi connectivity index (χ1) is 7.32. The molecule has 0 saturated carbocycles. The van der Waals surface area contributed by atoms with Crippen LogP contribution in [0, 0.1) is 5.82 Å². The summed E-state index contributed by atoms with van der Waals surface area (Å²) in [7, 11) is -1.39. The third-order valence-corrected chi connectivity index (χ3v) is 3.43. The first kappa shape index (κ1) is 13.3. The fourth-order valence-corrected chi connectivity index (χ4v) is 1.59.